The van der Waals surface area contributed by atoms with E-state index < -0.39 is 10.1 Å². The lowest BCUT2D eigenvalue weighted by molar-refractivity contribution is -0.368. The van der Waals surface area contributed by atoms with E-state index in [-0.39, 0.29) is 4.90 Å². The molecule has 0 aliphatic carbocycles. The second kappa shape index (κ2) is 8.90. The van der Waals surface area contributed by atoms with Crippen molar-refractivity contribution in [1.82, 2.24) is 0 Å². The van der Waals surface area contributed by atoms with Crippen LogP contribution in [0, 0.1) is 6.92 Å². The molecule has 2 aromatic carbocycles. The van der Waals surface area contributed by atoms with Crippen LogP contribution in [0.5, 0.6) is 0 Å². The molecule has 0 unspecified atom stereocenters. The molecule has 0 saturated heterocycles. The van der Waals surface area contributed by atoms with Crippen molar-refractivity contribution in [2.75, 3.05) is 6.54 Å². The Morgan fingerprint density at radius 1 is 1.05 bits per heavy atom. The third kappa shape index (κ3) is 7.04. The molecule has 0 spiro atoms. The number of aryl methyl sites for hydroxylation is 2. The van der Waals surface area contributed by atoms with E-state index in [1.807, 2.05) is 19.1 Å². The highest BCUT2D eigenvalue weighted by atomic mass is 35.5. The maximum atomic E-state index is 10.4. The highest BCUT2D eigenvalue weighted by Gasteiger charge is 1.97. The largest absolute Gasteiger partial charge is 0.744 e. The molecule has 2 aromatic rings. The van der Waals surface area contributed by atoms with Crippen LogP contribution >= 0.6 is 11.6 Å². The molecule has 0 aromatic heterocycles. The fourth-order valence-electron chi connectivity index (χ4n) is 1.69. The van der Waals surface area contributed by atoms with Gasteiger partial charge in [0.1, 0.15) is 10.1 Å². The van der Waals surface area contributed by atoms with Gasteiger partial charge in [-0.2, -0.15) is 0 Å². The van der Waals surface area contributed by atoms with Crippen LogP contribution in [0.25, 0.3) is 0 Å². The first-order valence-corrected chi connectivity index (χ1v) is 8.68. The molecule has 120 valence electrons. The van der Waals surface area contributed by atoms with Gasteiger partial charge in [-0.15, -0.1) is 0 Å². The maximum Gasteiger partial charge on any atom is 0.124 e. The highest BCUT2D eigenvalue weighted by Crippen LogP contribution is 2.10. The van der Waals surface area contributed by atoms with Gasteiger partial charge in [0, 0.05) is 11.4 Å². The van der Waals surface area contributed by atoms with Gasteiger partial charge in [-0.3, -0.25) is 0 Å². The van der Waals surface area contributed by atoms with Crippen molar-refractivity contribution in [3.05, 3.63) is 64.7 Å². The van der Waals surface area contributed by atoms with Gasteiger partial charge in [0.2, 0.25) is 0 Å². The Bertz CT molecular complexity index is 668. The summed E-state index contributed by atoms with van der Waals surface area (Å²) in [6.07, 6.45) is 2.27. The van der Waals surface area contributed by atoms with Crippen molar-refractivity contribution in [1.29, 1.82) is 0 Å². The van der Waals surface area contributed by atoms with Crippen molar-refractivity contribution in [2.24, 2.45) is 0 Å². The minimum absolute atomic E-state index is 0.178. The standard InChI is InChI=1S/C9H12ClN.C7H8O3S/c10-9-5-3-8(4-6-9)2-1-7-11;1-6-2-4-7(5-3-6)11(8,9)10/h3-6H,1-2,7,11H2;2-5H,1H3,(H,8,9,10). The van der Waals surface area contributed by atoms with E-state index in [2.05, 4.69) is 17.9 Å². The lowest BCUT2D eigenvalue weighted by Crippen LogP contribution is -2.50. The van der Waals surface area contributed by atoms with Crippen LogP contribution in [0.2, 0.25) is 5.02 Å². The summed E-state index contributed by atoms with van der Waals surface area (Å²) in [4.78, 5) is -0.178. The summed E-state index contributed by atoms with van der Waals surface area (Å²) in [5.41, 5.74) is 6.07. The van der Waals surface area contributed by atoms with Crippen LogP contribution in [0.3, 0.4) is 0 Å². The molecule has 6 heteroatoms. The SMILES string of the molecule is Cc1ccc(S(=O)(=O)[O-])cc1.[NH3+]CCCc1ccc(Cl)cc1. The minimum atomic E-state index is -4.27. The number of quaternary nitrogens is 1. The Hall–Kier alpha value is -1.40. The predicted molar refractivity (Wildman–Crippen MR) is 86.7 cm³/mol. The summed E-state index contributed by atoms with van der Waals surface area (Å²) < 4.78 is 31.2. The summed E-state index contributed by atoms with van der Waals surface area (Å²) in [7, 11) is -4.27. The lowest BCUT2D eigenvalue weighted by atomic mass is 10.1. The number of benzene rings is 2. The Labute approximate surface area is 136 Å². The van der Waals surface area contributed by atoms with E-state index in [9.17, 15) is 13.0 Å². The molecule has 0 aliphatic heterocycles. The van der Waals surface area contributed by atoms with E-state index >= 15 is 0 Å². The predicted octanol–water partition coefficient (Wildman–Crippen LogP) is 2.41. The Balaban J connectivity index is 0.000000220. The lowest BCUT2D eigenvalue weighted by Gasteiger charge is -2.05. The summed E-state index contributed by atoms with van der Waals surface area (Å²) in [6, 6.07) is 13.8. The van der Waals surface area contributed by atoms with Crippen LogP contribution in [-0.4, -0.2) is 19.5 Å². The highest BCUT2D eigenvalue weighted by molar-refractivity contribution is 7.85. The van der Waals surface area contributed by atoms with Gasteiger partial charge < -0.3 is 10.3 Å². The van der Waals surface area contributed by atoms with E-state index in [1.54, 1.807) is 12.1 Å². The topological polar surface area (TPSA) is 84.8 Å². The van der Waals surface area contributed by atoms with Crippen LogP contribution < -0.4 is 5.73 Å². The molecule has 2 rings (SSSR count). The van der Waals surface area contributed by atoms with Crippen molar-refractivity contribution in [3.8, 4) is 0 Å². The normalized spacial score (nSPS) is 10.7. The Kier molecular flexibility index (Phi) is 7.55. The minimum Gasteiger partial charge on any atom is -0.744 e. The molecule has 0 heterocycles. The molecule has 3 N–H and O–H groups in total. The number of rotatable bonds is 4. The van der Waals surface area contributed by atoms with Crippen molar-refractivity contribution in [3.63, 3.8) is 0 Å². The second-order valence-corrected chi connectivity index (χ2v) is 6.67. The zero-order chi connectivity index (χ0) is 16.6. The first-order valence-electron chi connectivity index (χ1n) is 6.89. The van der Waals surface area contributed by atoms with E-state index in [0.29, 0.717) is 0 Å². The fraction of sp³-hybridized carbons (Fsp3) is 0.250. The van der Waals surface area contributed by atoms with Crippen molar-refractivity contribution >= 4 is 21.7 Å². The second-order valence-electron chi connectivity index (χ2n) is 4.85. The molecule has 0 saturated carbocycles. The van der Waals surface area contributed by atoms with Crippen LogP contribution in [-0.2, 0) is 16.5 Å². The number of halogens is 1. The quantitative estimate of drug-likeness (QED) is 0.866. The Morgan fingerprint density at radius 3 is 2.05 bits per heavy atom. The van der Waals surface area contributed by atoms with Gasteiger partial charge in [-0.1, -0.05) is 41.4 Å². The third-order valence-corrected chi connectivity index (χ3v) is 4.04. The molecule has 4 nitrogen and oxygen atoms in total. The average molecular weight is 342 g/mol. The van der Waals surface area contributed by atoms with Crippen molar-refractivity contribution in [2.45, 2.75) is 24.7 Å². The molecule has 0 radical (unpaired) electrons. The molecule has 0 bridgehead atoms. The van der Waals surface area contributed by atoms with E-state index in [0.717, 1.165) is 30.0 Å². The molecule has 0 aliphatic rings. The smallest absolute Gasteiger partial charge is 0.124 e. The summed E-state index contributed by atoms with van der Waals surface area (Å²) in [5, 5.41) is 0.809. The van der Waals surface area contributed by atoms with Gasteiger partial charge in [0.15, 0.2) is 0 Å². The van der Waals surface area contributed by atoms with E-state index in [1.165, 1.54) is 17.7 Å². The average Bonchev–Trinajstić information content (AvgIpc) is 2.47. The molecule has 22 heavy (non-hydrogen) atoms. The zero-order valence-corrected chi connectivity index (χ0v) is 14.0. The van der Waals surface area contributed by atoms with Crippen LogP contribution in [0.4, 0.5) is 0 Å². The van der Waals surface area contributed by atoms with Gasteiger partial charge in [-0.05, 0) is 43.2 Å². The van der Waals surface area contributed by atoms with E-state index in [4.69, 9.17) is 11.6 Å². The number of hydrogen-bond acceptors (Lipinski definition) is 3. The summed E-state index contributed by atoms with van der Waals surface area (Å²) in [6.45, 7) is 2.82. The van der Waals surface area contributed by atoms with Crippen LogP contribution in [0.1, 0.15) is 17.5 Å². The van der Waals surface area contributed by atoms with Crippen molar-refractivity contribution < 1.29 is 18.7 Å². The zero-order valence-electron chi connectivity index (χ0n) is 12.5. The first kappa shape index (κ1) is 18.6. The van der Waals surface area contributed by atoms with Gasteiger partial charge in [-0.25, -0.2) is 8.42 Å². The number of hydrogen-bond donors (Lipinski definition) is 1. The molecular weight excluding hydrogens is 322 g/mol. The van der Waals surface area contributed by atoms with Crippen LogP contribution in [0.15, 0.2) is 53.4 Å². The van der Waals surface area contributed by atoms with Gasteiger partial charge in [0.25, 0.3) is 0 Å². The molecule has 0 amide bonds. The Morgan fingerprint density at radius 2 is 1.59 bits per heavy atom. The molecular formula is C16H20ClNO3S. The maximum absolute atomic E-state index is 10.4. The summed E-state index contributed by atoms with van der Waals surface area (Å²) in [5.74, 6) is 0. The monoisotopic (exact) mass is 341 g/mol. The van der Waals surface area contributed by atoms with Gasteiger partial charge >= 0.3 is 0 Å². The fourth-order valence-corrected chi connectivity index (χ4v) is 2.28. The molecule has 0 fully saturated rings. The third-order valence-electron chi connectivity index (χ3n) is 2.94. The molecule has 0 atom stereocenters. The van der Waals surface area contributed by atoms with Gasteiger partial charge in [0.05, 0.1) is 11.4 Å². The summed E-state index contributed by atoms with van der Waals surface area (Å²) >= 11 is 5.73. The first-order chi connectivity index (χ1) is 10.3.